The normalized spacial score (nSPS) is 33.2. The molecule has 2 aliphatic rings. The lowest BCUT2D eigenvalue weighted by atomic mass is 9.78. The fourth-order valence-corrected chi connectivity index (χ4v) is 3.52. The second-order valence-electron chi connectivity index (χ2n) is 5.98. The zero-order valence-electron chi connectivity index (χ0n) is 11.2. The molecular formula is C16H18N2O2. The molecule has 0 radical (unpaired) electrons. The van der Waals surface area contributed by atoms with Crippen molar-refractivity contribution in [3.63, 3.8) is 0 Å². The van der Waals surface area contributed by atoms with Crippen LogP contribution in [0.3, 0.4) is 0 Å². The van der Waals surface area contributed by atoms with E-state index in [1.807, 2.05) is 24.4 Å². The molecule has 4 rings (SSSR count). The van der Waals surface area contributed by atoms with Crippen molar-refractivity contribution in [2.45, 2.75) is 30.5 Å². The largest absolute Gasteiger partial charge is 0.385 e. The number of aliphatic hydroxyl groups is 1. The van der Waals surface area contributed by atoms with Crippen LogP contribution in [0.15, 0.2) is 36.7 Å². The van der Waals surface area contributed by atoms with Crippen LogP contribution >= 0.6 is 0 Å². The van der Waals surface area contributed by atoms with Crippen molar-refractivity contribution in [2.24, 2.45) is 0 Å². The Hall–Kier alpha value is -1.49. The molecule has 2 fully saturated rings. The molecule has 2 aromatic rings. The lowest BCUT2D eigenvalue weighted by molar-refractivity contribution is -0.0801. The number of pyridine rings is 1. The molecular weight excluding hydrogens is 252 g/mol. The molecule has 20 heavy (non-hydrogen) atoms. The molecule has 3 heterocycles. The number of morpholine rings is 1. The van der Waals surface area contributed by atoms with Crippen LogP contribution in [0.4, 0.5) is 0 Å². The summed E-state index contributed by atoms with van der Waals surface area (Å²) in [7, 11) is 0. The fourth-order valence-electron chi connectivity index (χ4n) is 3.52. The molecule has 0 saturated carbocycles. The predicted octanol–water partition coefficient (Wildman–Crippen LogP) is 1.57. The van der Waals surface area contributed by atoms with Crippen LogP contribution in [-0.4, -0.2) is 35.4 Å². The second kappa shape index (κ2) is 4.52. The number of ether oxygens (including phenoxy) is 1. The molecule has 4 heteroatoms. The minimum atomic E-state index is -0.748. The summed E-state index contributed by atoms with van der Waals surface area (Å²) >= 11 is 0. The number of nitrogens with zero attached hydrogens (tertiary/aromatic N) is 1. The van der Waals surface area contributed by atoms with Crippen LogP contribution in [0.1, 0.15) is 18.4 Å². The lowest BCUT2D eigenvalue weighted by Crippen LogP contribution is -2.58. The van der Waals surface area contributed by atoms with E-state index in [2.05, 4.69) is 16.4 Å². The monoisotopic (exact) mass is 270 g/mol. The maximum absolute atomic E-state index is 11.1. The highest BCUT2D eigenvalue weighted by Gasteiger charge is 2.42. The summed E-state index contributed by atoms with van der Waals surface area (Å²) in [5, 5.41) is 16.9. The minimum absolute atomic E-state index is 0.251. The first-order valence-corrected chi connectivity index (χ1v) is 7.13. The van der Waals surface area contributed by atoms with Gasteiger partial charge in [0, 0.05) is 29.9 Å². The summed E-state index contributed by atoms with van der Waals surface area (Å²) in [5.41, 5.74) is 0.261. The number of hydrogen-bond acceptors (Lipinski definition) is 4. The molecule has 0 spiro atoms. The van der Waals surface area contributed by atoms with Crippen LogP contribution in [0.2, 0.25) is 0 Å². The van der Waals surface area contributed by atoms with Gasteiger partial charge in [0.15, 0.2) is 0 Å². The molecule has 4 nitrogen and oxygen atoms in total. The van der Waals surface area contributed by atoms with E-state index in [1.54, 1.807) is 6.20 Å². The van der Waals surface area contributed by atoms with Gasteiger partial charge in [0.25, 0.3) is 0 Å². The quantitative estimate of drug-likeness (QED) is 0.826. The zero-order chi connectivity index (χ0) is 13.6. The summed E-state index contributed by atoms with van der Waals surface area (Å²) in [6.45, 7) is 1.38. The average Bonchev–Trinajstić information content (AvgIpc) is 2.46. The van der Waals surface area contributed by atoms with Crippen LogP contribution < -0.4 is 5.32 Å². The Morgan fingerprint density at radius 2 is 1.95 bits per heavy atom. The number of hydrogen-bond donors (Lipinski definition) is 2. The molecule has 2 saturated heterocycles. The van der Waals surface area contributed by atoms with Gasteiger partial charge in [-0.3, -0.25) is 4.98 Å². The van der Waals surface area contributed by atoms with E-state index in [4.69, 9.17) is 4.74 Å². The first kappa shape index (κ1) is 12.3. The smallest absolute Gasteiger partial charge is 0.0928 e. The Balaban J connectivity index is 1.73. The summed E-state index contributed by atoms with van der Waals surface area (Å²) < 4.78 is 5.55. The molecule has 2 atom stereocenters. The summed E-state index contributed by atoms with van der Waals surface area (Å²) in [6.07, 6.45) is 5.06. The number of nitrogens with one attached hydrogen (secondary N) is 1. The van der Waals surface area contributed by atoms with E-state index in [-0.39, 0.29) is 12.1 Å². The molecule has 104 valence electrons. The van der Waals surface area contributed by atoms with Gasteiger partial charge in [0.05, 0.1) is 18.8 Å². The van der Waals surface area contributed by atoms with Crippen LogP contribution in [0, 0.1) is 0 Å². The number of aromatic nitrogens is 1. The Kier molecular flexibility index (Phi) is 2.77. The van der Waals surface area contributed by atoms with Gasteiger partial charge in [-0.15, -0.1) is 0 Å². The van der Waals surface area contributed by atoms with Crippen molar-refractivity contribution < 1.29 is 9.84 Å². The van der Waals surface area contributed by atoms with Gasteiger partial charge in [-0.1, -0.05) is 12.1 Å². The van der Waals surface area contributed by atoms with Crippen molar-refractivity contribution in [1.29, 1.82) is 0 Å². The standard InChI is InChI=1S/C16H18N2O2/c19-16(6-14-9-20-10-15(7-16)18-14)13-2-1-12-8-17-4-3-11(12)5-13/h1-5,8,14-15,18-19H,6-7,9-10H2. The maximum Gasteiger partial charge on any atom is 0.0928 e. The molecule has 2 aliphatic heterocycles. The SMILES string of the molecule is OC1(c2ccc3cnccc3c2)CC2COCC(C1)N2. The van der Waals surface area contributed by atoms with Gasteiger partial charge in [-0.05, 0) is 35.9 Å². The van der Waals surface area contributed by atoms with Crippen molar-refractivity contribution >= 4 is 10.8 Å². The number of piperidine rings is 1. The maximum atomic E-state index is 11.1. The first-order chi connectivity index (χ1) is 9.73. The summed E-state index contributed by atoms with van der Waals surface area (Å²) in [4.78, 5) is 4.13. The van der Waals surface area contributed by atoms with Crippen molar-refractivity contribution in [3.05, 3.63) is 42.2 Å². The van der Waals surface area contributed by atoms with Crippen LogP contribution in [0.25, 0.3) is 10.8 Å². The number of benzene rings is 1. The van der Waals surface area contributed by atoms with Crippen LogP contribution in [0.5, 0.6) is 0 Å². The summed E-state index contributed by atoms with van der Waals surface area (Å²) in [5.74, 6) is 0. The van der Waals surface area contributed by atoms with E-state index in [0.717, 1.165) is 16.3 Å². The lowest BCUT2D eigenvalue weighted by Gasteiger charge is -2.45. The van der Waals surface area contributed by atoms with Gasteiger partial charge in [-0.25, -0.2) is 0 Å². The summed E-state index contributed by atoms with van der Waals surface area (Å²) in [6, 6.07) is 8.67. The third kappa shape index (κ3) is 2.00. The minimum Gasteiger partial charge on any atom is -0.385 e. The van der Waals surface area contributed by atoms with Gasteiger partial charge >= 0.3 is 0 Å². The third-order valence-electron chi connectivity index (χ3n) is 4.46. The highest BCUT2D eigenvalue weighted by Crippen LogP contribution is 2.37. The highest BCUT2D eigenvalue weighted by atomic mass is 16.5. The van der Waals surface area contributed by atoms with E-state index in [0.29, 0.717) is 26.1 Å². The fraction of sp³-hybridized carbons (Fsp3) is 0.438. The second-order valence-corrected chi connectivity index (χ2v) is 5.98. The van der Waals surface area contributed by atoms with Gasteiger partial charge in [0.2, 0.25) is 0 Å². The molecule has 2 bridgehead atoms. The molecule has 2 unspecified atom stereocenters. The Bertz CT molecular complexity index is 631. The van der Waals surface area contributed by atoms with E-state index in [1.165, 1.54) is 0 Å². The van der Waals surface area contributed by atoms with Crippen LogP contribution in [-0.2, 0) is 10.3 Å². The topological polar surface area (TPSA) is 54.4 Å². The highest BCUT2D eigenvalue weighted by molar-refractivity contribution is 5.82. The molecule has 0 amide bonds. The van der Waals surface area contributed by atoms with Crippen molar-refractivity contribution in [3.8, 4) is 0 Å². The van der Waals surface area contributed by atoms with Crippen molar-refractivity contribution in [2.75, 3.05) is 13.2 Å². The average molecular weight is 270 g/mol. The molecule has 1 aromatic carbocycles. The van der Waals surface area contributed by atoms with E-state index in [9.17, 15) is 5.11 Å². The Labute approximate surface area is 117 Å². The number of rotatable bonds is 1. The number of fused-ring (bicyclic) bond motifs is 3. The van der Waals surface area contributed by atoms with Gasteiger partial charge < -0.3 is 15.2 Å². The van der Waals surface area contributed by atoms with E-state index < -0.39 is 5.60 Å². The van der Waals surface area contributed by atoms with E-state index >= 15 is 0 Å². The zero-order valence-corrected chi connectivity index (χ0v) is 11.2. The van der Waals surface area contributed by atoms with Gasteiger partial charge in [-0.2, -0.15) is 0 Å². The first-order valence-electron chi connectivity index (χ1n) is 7.13. The Morgan fingerprint density at radius 3 is 2.75 bits per heavy atom. The predicted molar refractivity (Wildman–Crippen MR) is 76.4 cm³/mol. The van der Waals surface area contributed by atoms with Gasteiger partial charge in [0.1, 0.15) is 0 Å². The Morgan fingerprint density at radius 1 is 1.15 bits per heavy atom. The molecule has 1 aromatic heterocycles. The molecule has 2 N–H and O–H groups in total. The third-order valence-corrected chi connectivity index (χ3v) is 4.46. The van der Waals surface area contributed by atoms with Crippen molar-refractivity contribution in [1.82, 2.24) is 10.3 Å². The molecule has 0 aliphatic carbocycles.